The maximum atomic E-state index is 12.3. The van der Waals surface area contributed by atoms with Crippen LogP contribution in [0.5, 0.6) is 0 Å². The Morgan fingerprint density at radius 3 is 2.41 bits per heavy atom. The van der Waals surface area contributed by atoms with Crippen molar-refractivity contribution in [3.8, 4) is 11.4 Å². The lowest BCUT2D eigenvalue weighted by Gasteiger charge is -2.27. The molecule has 2 fully saturated rings. The van der Waals surface area contributed by atoms with Gasteiger partial charge in [-0.05, 0) is 50.0 Å². The van der Waals surface area contributed by atoms with Gasteiger partial charge in [-0.2, -0.15) is 4.98 Å². The molecule has 0 spiro atoms. The van der Waals surface area contributed by atoms with E-state index in [2.05, 4.69) is 15.5 Å². The molecule has 0 atom stereocenters. The molecule has 0 bridgehead atoms. The molecule has 2 aliphatic carbocycles. The SMILES string of the molecule is Cl.NCc1ccc(-c2noc(C3CCC(NC(=O)CC4CCCC4)CC3)n2)cc1. The van der Waals surface area contributed by atoms with Crippen LogP contribution in [0.3, 0.4) is 0 Å². The van der Waals surface area contributed by atoms with Crippen molar-refractivity contribution >= 4 is 18.3 Å². The molecule has 2 aromatic rings. The molecule has 2 saturated carbocycles. The Labute approximate surface area is 178 Å². The summed E-state index contributed by atoms with van der Waals surface area (Å²) in [6, 6.07) is 8.23. The van der Waals surface area contributed by atoms with Gasteiger partial charge < -0.3 is 15.6 Å². The molecule has 29 heavy (non-hydrogen) atoms. The van der Waals surface area contributed by atoms with Gasteiger partial charge in [-0.15, -0.1) is 12.4 Å². The van der Waals surface area contributed by atoms with Crippen LogP contribution in [0.1, 0.15) is 75.2 Å². The van der Waals surface area contributed by atoms with Gasteiger partial charge in [-0.1, -0.05) is 42.3 Å². The number of nitrogens with zero attached hydrogens (tertiary/aromatic N) is 2. The molecule has 0 saturated heterocycles. The highest BCUT2D eigenvalue weighted by Crippen LogP contribution is 2.33. The van der Waals surface area contributed by atoms with Crippen LogP contribution in [0.2, 0.25) is 0 Å². The lowest BCUT2D eigenvalue weighted by Crippen LogP contribution is -2.38. The number of hydrogen-bond acceptors (Lipinski definition) is 5. The standard InChI is InChI=1S/C22H30N4O2.ClH/c23-14-16-5-7-17(8-6-16)21-25-22(28-26-21)18-9-11-19(12-10-18)24-20(27)13-15-3-1-2-4-15;/h5-8,15,18-19H,1-4,9-14,23H2,(H,24,27);1H. The van der Waals surface area contributed by atoms with Gasteiger partial charge in [0.05, 0.1) is 0 Å². The molecule has 1 aromatic carbocycles. The highest BCUT2D eigenvalue weighted by Gasteiger charge is 2.28. The van der Waals surface area contributed by atoms with E-state index in [1.807, 2.05) is 24.3 Å². The number of rotatable bonds is 6. The summed E-state index contributed by atoms with van der Waals surface area (Å²) < 4.78 is 5.55. The van der Waals surface area contributed by atoms with Gasteiger partial charge in [0.1, 0.15) is 0 Å². The smallest absolute Gasteiger partial charge is 0.230 e. The second-order valence-electron chi connectivity index (χ2n) is 8.33. The van der Waals surface area contributed by atoms with Crippen LogP contribution in [0, 0.1) is 5.92 Å². The van der Waals surface area contributed by atoms with E-state index in [1.165, 1.54) is 25.7 Å². The fraction of sp³-hybridized carbons (Fsp3) is 0.591. The minimum Gasteiger partial charge on any atom is -0.353 e. The summed E-state index contributed by atoms with van der Waals surface area (Å²) in [5.41, 5.74) is 7.67. The zero-order valence-electron chi connectivity index (χ0n) is 16.8. The fourth-order valence-corrected chi connectivity index (χ4v) is 4.56. The van der Waals surface area contributed by atoms with E-state index in [4.69, 9.17) is 10.3 Å². The molecule has 7 heteroatoms. The van der Waals surface area contributed by atoms with Crippen molar-refractivity contribution in [1.82, 2.24) is 15.5 Å². The first-order chi connectivity index (χ1) is 13.7. The number of carbonyl (C=O) groups is 1. The summed E-state index contributed by atoms with van der Waals surface area (Å²) >= 11 is 0. The number of nitrogens with one attached hydrogen (secondary N) is 1. The van der Waals surface area contributed by atoms with Crippen molar-refractivity contribution in [3.63, 3.8) is 0 Å². The Balaban J connectivity index is 0.00000240. The first-order valence-electron chi connectivity index (χ1n) is 10.6. The van der Waals surface area contributed by atoms with Gasteiger partial charge in [0.2, 0.25) is 17.6 Å². The average Bonchev–Trinajstić information content (AvgIpc) is 3.41. The van der Waals surface area contributed by atoms with Crippen LogP contribution >= 0.6 is 12.4 Å². The highest BCUT2D eigenvalue weighted by molar-refractivity contribution is 5.85. The predicted octanol–water partition coefficient (Wildman–Crippen LogP) is 4.34. The predicted molar refractivity (Wildman–Crippen MR) is 115 cm³/mol. The molecular formula is C22H31ClN4O2. The molecule has 0 radical (unpaired) electrons. The number of aromatic nitrogens is 2. The molecule has 2 aliphatic rings. The van der Waals surface area contributed by atoms with E-state index in [1.54, 1.807) is 0 Å². The maximum Gasteiger partial charge on any atom is 0.230 e. The summed E-state index contributed by atoms with van der Waals surface area (Å²) in [5, 5.41) is 7.40. The minimum atomic E-state index is 0. The van der Waals surface area contributed by atoms with Crippen molar-refractivity contribution in [2.45, 2.75) is 76.3 Å². The zero-order chi connectivity index (χ0) is 19.3. The molecule has 0 aliphatic heterocycles. The number of benzene rings is 1. The number of carbonyl (C=O) groups excluding carboxylic acids is 1. The quantitative estimate of drug-likeness (QED) is 0.727. The van der Waals surface area contributed by atoms with E-state index in [0.717, 1.165) is 36.8 Å². The second kappa shape index (κ2) is 10.2. The molecule has 0 unspecified atom stereocenters. The number of amides is 1. The van der Waals surface area contributed by atoms with Crippen LogP contribution < -0.4 is 11.1 Å². The van der Waals surface area contributed by atoms with Gasteiger partial charge in [0.25, 0.3) is 0 Å². The van der Waals surface area contributed by atoms with Crippen LogP contribution in [0.15, 0.2) is 28.8 Å². The Kier molecular flexibility index (Phi) is 7.67. The largest absolute Gasteiger partial charge is 0.353 e. The Morgan fingerprint density at radius 1 is 1.07 bits per heavy atom. The lowest BCUT2D eigenvalue weighted by atomic mass is 9.85. The molecule has 158 valence electrons. The summed E-state index contributed by atoms with van der Waals surface area (Å²) in [4.78, 5) is 16.9. The minimum absolute atomic E-state index is 0. The van der Waals surface area contributed by atoms with E-state index >= 15 is 0 Å². The molecule has 1 amide bonds. The third-order valence-electron chi connectivity index (χ3n) is 6.28. The Morgan fingerprint density at radius 2 is 1.76 bits per heavy atom. The first-order valence-corrected chi connectivity index (χ1v) is 10.6. The number of halogens is 1. The van der Waals surface area contributed by atoms with E-state index < -0.39 is 0 Å². The number of nitrogens with two attached hydrogens (primary N) is 1. The summed E-state index contributed by atoms with van der Waals surface area (Å²) in [5.74, 6) is 2.47. The third-order valence-corrected chi connectivity index (χ3v) is 6.28. The van der Waals surface area contributed by atoms with Crippen LogP contribution in [0.25, 0.3) is 11.4 Å². The molecule has 6 nitrogen and oxygen atoms in total. The molecule has 1 heterocycles. The summed E-state index contributed by atoms with van der Waals surface area (Å²) in [6.07, 6.45) is 9.61. The monoisotopic (exact) mass is 418 g/mol. The summed E-state index contributed by atoms with van der Waals surface area (Å²) in [7, 11) is 0. The number of hydrogen-bond donors (Lipinski definition) is 2. The normalized spacial score (nSPS) is 22.2. The van der Waals surface area contributed by atoms with Crippen LogP contribution in [0.4, 0.5) is 0 Å². The van der Waals surface area contributed by atoms with Crippen LogP contribution in [-0.4, -0.2) is 22.1 Å². The molecular weight excluding hydrogens is 388 g/mol. The van der Waals surface area contributed by atoms with E-state index in [9.17, 15) is 4.79 Å². The first kappa shape index (κ1) is 21.8. The Bertz CT molecular complexity index is 778. The van der Waals surface area contributed by atoms with Gasteiger partial charge in [0, 0.05) is 30.5 Å². The van der Waals surface area contributed by atoms with E-state index in [-0.39, 0.29) is 30.3 Å². The second-order valence-corrected chi connectivity index (χ2v) is 8.33. The van der Waals surface area contributed by atoms with Crippen molar-refractivity contribution in [2.75, 3.05) is 0 Å². The average molecular weight is 419 g/mol. The summed E-state index contributed by atoms with van der Waals surface area (Å²) in [6.45, 7) is 0.526. The Hall–Kier alpha value is -1.92. The highest BCUT2D eigenvalue weighted by atomic mass is 35.5. The van der Waals surface area contributed by atoms with Crippen molar-refractivity contribution in [2.24, 2.45) is 11.7 Å². The lowest BCUT2D eigenvalue weighted by molar-refractivity contribution is -0.122. The van der Waals surface area contributed by atoms with Crippen molar-refractivity contribution in [3.05, 3.63) is 35.7 Å². The van der Waals surface area contributed by atoms with Crippen LogP contribution in [-0.2, 0) is 11.3 Å². The molecule has 1 aromatic heterocycles. The zero-order valence-corrected chi connectivity index (χ0v) is 17.6. The van der Waals surface area contributed by atoms with Crippen molar-refractivity contribution in [1.29, 1.82) is 0 Å². The topological polar surface area (TPSA) is 94.0 Å². The third kappa shape index (κ3) is 5.58. The fourth-order valence-electron chi connectivity index (χ4n) is 4.56. The van der Waals surface area contributed by atoms with Gasteiger partial charge in [-0.25, -0.2) is 0 Å². The maximum absolute atomic E-state index is 12.3. The van der Waals surface area contributed by atoms with Gasteiger partial charge in [-0.3, -0.25) is 4.79 Å². The van der Waals surface area contributed by atoms with Gasteiger partial charge >= 0.3 is 0 Å². The van der Waals surface area contributed by atoms with E-state index in [0.29, 0.717) is 30.6 Å². The molecule has 4 rings (SSSR count). The van der Waals surface area contributed by atoms with Gasteiger partial charge in [0.15, 0.2) is 0 Å². The molecule has 3 N–H and O–H groups in total. The van der Waals surface area contributed by atoms with Crippen molar-refractivity contribution < 1.29 is 9.32 Å².